The van der Waals surface area contributed by atoms with Gasteiger partial charge in [0.05, 0.1) is 0 Å². The van der Waals surface area contributed by atoms with Gasteiger partial charge in [-0.1, -0.05) is 32.9 Å². The summed E-state index contributed by atoms with van der Waals surface area (Å²) >= 11 is 0. The topological polar surface area (TPSA) is 26.3 Å². The van der Waals surface area contributed by atoms with Crippen LogP contribution in [-0.2, 0) is 11.2 Å². The molecule has 1 aromatic rings. The maximum Gasteiger partial charge on any atom is 0.172 e. The van der Waals surface area contributed by atoms with E-state index in [2.05, 4.69) is 6.92 Å². The summed E-state index contributed by atoms with van der Waals surface area (Å²) in [6, 6.07) is 7.90. The van der Waals surface area contributed by atoms with Crippen LogP contribution in [0.5, 0.6) is 5.75 Å². The summed E-state index contributed by atoms with van der Waals surface area (Å²) in [5, 5.41) is 0. The van der Waals surface area contributed by atoms with Gasteiger partial charge in [-0.15, -0.1) is 0 Å². The molecule has 2 nitrogen and oxygen atoms in total. The fraction of sp³-hybridized carbons (Fsp3) is 0.500. The van der Waals surface area contributed by atoms with Crippen LogP contribution in [0.2, 0.25) is 0 Å². The number of carbonyl (C=O) groups excluding carboxylic acids is 1. The van der Waals surface area contributed by atoms with Crippen LogP contribution in [-0.4, -0.2) is 12.4 Å². The molecule has 0 aliphatic heterocycles. The quantitative estimate of drug-likeness (QED) is 0.735. The van der Waals surface area contributed by atoms with Gasteiger partial charge < -0.3 is 4.74 Å². The number of hydrogen-bond acceptors (Lipinski definition) is 2. The molecule has 0 heterocycles. The van der Waals surface area contributed by atoms with E-state index in [0.29, 0.717) is 0 Å². The first-order chi connectivity index (χ1) is 7.67. The molecule has 0 radical (unpaired) electrons. The third kappa shape index (κ3) is 3.69. The SMILES string of the molecule is CCc1ccc(OCC(=O)C(C)CC)cc1. The number of Topliss-reactive ketones (excluding diaryl/α,β-unsaturated/α-hetero) is 1. The maximum absolute atomic E-state index is 11.5. The van der Waals surface area contributed by atoms with Crippen molar-refractivity contribution in [2.24, 2.45) is 5.92 Å². The molecule has 16 heavy (non-hydrogen) atoms. The van der Waals surface area contributed by atoms with Crippen LogP contribution in [0.15, 0.2) is 24.3 Å². The van der Waals surface area contributed by atoms with Gasteiger partial charge >= 0.3 is 0 Å². The number of hydrogen-bond donors (Lipinski definition) is 0. The number of ether oxygens (including phenoxy) is 1. The zero-order valence-corrected chi connectivity index (χ0v) is 10.3. The van der Waals surface area contributed by atoms with Gasteiger partial charge in [-0.05, 0) is 30.5 Å². The minimum absolute atomic E-state index is 0.0925. The number of ketones is 1. The molecule has 1 aromatic carbocycles. The fourth-order valence-corrected chi connectivity index (χ4v) is 1.35. The van der Waals surface area contributed by atoms with E-state index in [1.54, 1.807) is 0 Å². The molecule has 0 spiro atoms. The maximum atomic E-state index is 11.5. The first kappa shape index (κ1) is 12.8. The van der Waals surface area contributed by atoms with Crippen molar-refractivity contribution in [1.82, 2.24) is 0 Å². The molecule has 0 N–H and O–H groups in total. The lowest BCUT2D eigenvalue weighted by Gasteiger charge is -2.09. The summed E-state index contributed by atoms with van der Waals surface area (Å²) < 4.78 is 5.44. The van der Waals surface area contributed by atoms with Crippen LogP contribution in [0.3, 0.4) is 0 Å². The number of carbonyl (C=O) groups is 1. The van der Waals surface area contributed by atoms with Crippen LogP contribution >= 0.6 is 0 Å². The average Bonchev–Trinajstić information content (AvgIpc) is 2.35. The Kier molecular flexibility index (Phi) is 5.03. The Hall–Kier alpha value is -1.31. The lowest BCUT2D eigenvalue weighted by molar-refractivity contribution is -0.124. The molecule has 0 amide bonds. The van der Waals surface area contributed by atoms with Crippen molar-refractivity contribution in [3.05, 3.63) is 29.8 Å². The zero-order valence-electron chi connectivity index (χ0n) is 10.3. The standard InChI is InChI=1S/C14H20O2/c1-4-11(3)14(15)10-16-13-8-6-12(5-2)7-9-13/h6-9,11H,4-5,10H2,1-3H3. The molecule has 1 atom stereocenters. The van der Waals surface area contributed by atoms with E-state index in [-0.39, 0.29) is 18.3 Å². The molecule has 0 saturated carbocycles. The molecule has 1 unspecified atom stereocenters. The second-order valence-electron chi connectivity index (χ2n) is 4.06. The van der Waals surface area contributed by atoms with Gasteiger partial charge in [0, 0.05) is 5.92 Å². The van der Waals surface area contributed by atoms with E-state index >= 15 is 0 Å². The van der Waals surface area contributed by atoms with Gasteiger partial charge in [-0.2, -0.15) is 0 Å². The monoisotopic (exact) mass is 220 g/mol. The third-order valence-electron chi connectivity index (χ3n) is 2.87. The Labute approximate surface area is 97.6 Å². The highest BCUT2D eigenvalue weighted by molar-refractivity contribution is 5.82. The number of benzene rings is 1. The highest BCUT2D eigenvalue weighted by Crippen LogP contribution is 2.13. The molecule has 88 valence electrons. The van der Waals surface area contributed by atoms with Crippen LogP contribution in [0.25, 0.3) is 0 Å². The molecule has 0 bridgehead atoms. The summed E-state index contributed by atoms with van der Waals surface area (Å²) in [4.78, 5) is 11.5. The Bertz CT molecular complexity index is 327. The van der Waals surface area contributed by atoms with Crippen molar-refractivity contribution in [1.29, 1.82) is 0 Å². The summed E-state index contributed by atoms with van der Waals surface area (Å²) in [7, 11) is 0. The van der Waals surface area contributed by atoms with Crippen molar-refractivity contribution in [3.8, 4) is 5.75 Å². The summed E-state index contributed by atoms with van der Waals surface area (Å²) in [5.74, 6) is 1.03. The van der Waals surface area contributed by atoms with Gasteiger partial charge in [0.2, 0.25) is 0 Å². The Morgan fingerprint density at radius 2 is 1.88 bits per heavy atom. The second-order valence-corrected chi connectivity index (χ2v) is 4.06. The Morgan fingerprint density at radius 3 is 2.38 bits per heavy atom. The van der Waals surface area contributed by atoms with E-state index < -0.39 is 0 Å². The van der Waals surface area contributed by atoms with Gasteiger partial charge in [-0.25, -0.2) is 0 Å². The second kappa shape index (κ2) is 6.31. The van der Waals surface area contributed by atoms with Crippen LogP contribution in [0.1, 0.15) is 32.8 Å². The number of rotatable bonds is 6. The summed E-state index contributed by atoms with van der Waals surface area (Å²) in [6.45, 7) is 6.24. The van der Waals surface area contributed by atoms with Crippen molar-refractivity contribution in [2.75, 3.05) is 6.61 Å². The predicted octanol–water partition coefficient (Wildman–Crippen LogP) is 3.24. The van der Waals surface area contributed by atoms with Gasteiger partial charge in [0.1, 0.15) is 12.4 Å². The van der Waals surface area contributed by atoms with E-state index in [4.69, 9.17) is 4.74 Å². The van der Waals surface area contributed by atoms with Crippen LogP contribution in [0, 0.1) is 5.92 Å². The predicted molar refractivity (Wildman–Crippen MR) is 65.8 cm³/mol. The van der Waals surface area contributed by atoms with Crippen LogP contribution < -0.4 is 4.74 Å². The van der Waals surface area contributed by atoms with Gasteiger partial charge in [0.25, 0.3) is 0 Å². The first-order valence-corrected chi connectivity index (χ1v) is 5.91. The first-order valence-electron chi connectivity index (χ1n) is 5.91. The average molecular weight is 220 g/mol. The minimum Gasteiger partial charge on any atom is -0.486 e. The Morgan fingerprint density at radius 1 is 1.25 bits per heavy atom. The van der Waals surface area contributed by atoms with Crippen molar-refractivity contribution in [3.63, 3.8) is 0 Å². The van der Waals surface area contributed by atoms with E-state index in [9.17, 15) is 4.79 Å². The molecule has 0 aliphatic carbocycles. The molecule has 0 aromatic heterocycles. The third-order valence-corrected chi connectivity index (χ3v) is 2.87. The summed E-state index contributed by atoms with van der Waals surface area (Å²) in [5.41, 5.74) is 1.28. The van der Waals surface area contributed by atoms with Crippen molar-refractivity contribution in [2.45, 2.75) is 33.6 Å². The van der Waals surface area contributed by atoms with Crippen molar-refractivity contribution >= 4 is 5.78 Å². The van der Waals surface area contributed by atoms with E-state index in [1.165, 1.54) is 5.56 Å². The molecular weight excluding hydrogens is 200 g/mol. The van der Waals surface area contributed by atoms with E-state index in [0.717, 1.165) is 18.6 Å². The van der Waals surface area contributed by atoms with E-state index in [1.807, 2.05) is 38.1 Å². The highest BCUT2D eigenvalue weighted by Gasteiger charge is 2.10. The molecule has 1 rings (SSSR count). The molecule has 2 heteroatoms. The molecule has 0 aliphatic rings. The summed E-state index contributed by atoms with van der Waals surface area (Å²) in [6.07, 6.45) is 1.89. The van der Waals surface area contributed by atoms with Gasteiger partial charge in [0.15, 0.2) is 5.78 Å². The lowest BCUT2D eigenvalue weighted by Crippen LogP contribution is -2.18. The van der Waals surface area contributed by atoms with Crippen molar-refractivity contribution < 1.29 is 9.53 Å². The van der Waals surface area contributed by atoms with Gasteiger partial charge in [-0.3, -0.25) is 4.79 Å². The Balaban J connectivity index is 2.45. The molecule has 0 fully saturated rings. The minimum atomic E-state index is 0.0925. The smallest absolute Gasteiger partial charge is 0.172 e. The molecular formula is C14H20O2. The molecule has 0 saturated heterocycles. The van der Waals surface area contributed by atoms with Crippen LogP contribution in [0.4, 0.5) is 0 Å². The zero-order chi connectivity index (χ0) is 12.0. The lowest BCUT2D eigenvalue weighted by atomic mass is 10.0. The highest BCUT2D eigenvalue weighted by atomic mass is 16.5. The number of aryl methyl sites for hydroxylation is 1. The normalized spacial score (nSPS) is 12.2. The largest absolute Gasteiger partial charge is 0.486 e. The fourth-order valence-electron chi connectivity index (χ4n) is 1.35.